The van der Waals surface area contributed by atoms with Gasteiger partial charge in [0.25, 0.3) is 5.91 Å². The molecule has 2 fully saturated rings. The third kappa shape index (κ3) is 5.33. The molecule has 1 saturated carbocycles. The van der Waals surface area contributed by atoms with Crippen molar-refractivity contribution in [1.29, 1.82) is 5.41 Å². The number of carbonyl (C=O) groups excluding carboxylic acids is 1. The average Bonchev–Trinajstić information content (AvgIpc) is 3.07. The zero-order valence-corrected chi connectivity index (χ0v) is 19.9. The van der Waals surface area contributed by atoms with Crippen LogP contribution >= 0.6 is 11.8 Å². The maximum atomic E-state index is 12.9. The van der Waals surface area contributed by atoms with Gasteiger partial charge in [0.15, 0.2) is 0 Å². The summed E-state index contributed by atoms with van der Waals surface area (Å²) in [7, 11) is 3.93. The molecule has 1 aromatic rings. The van der Waals surface area contributed by atoms with Gasteiger partial charge in [0, 0.05) is 29.8 Å². The molecular formula is C23H33FN6OS. The molecule has 1 saturated heterocycles. The molecule has 1 aliphatic carbocycles. The second-order valence-electron chi connectivity index (χ2n) is 8.75. The number of hydrogen-bond acceptors (Lipinski definition) is 7. The van der Waals surface area contributed by atoms with Gasteiger partial charge >= 0.3 is 0 Å². The number of benzene rings is 1. The van der Waals surface area contributed by atoms with E-state index in [1.165, 1.54) is 11.8 Å². The molecule has 1 heterocycles. The summed E-state index contributed by atoms with van der Waals surface area (Å²) in [6.07, 6.45) is -0.00588. The number of amides is 1. The Morgan fingerprint density at radius 1 is 1.31 bits per heavy atom. The van der Waals surface area contributed by atoms with Crippen molar-refractivity contribution in [3.05, 3.63) is 57.3 Å². The first-order valence-corrected chi connectivity index (χ1v) is 11.6. The van der Waals surface area contributed by atoms with Gasteiger partial charge in [-0.25, -0.2) is 4.39 Å². The lowest BCUT2D eigenvalue weighted by atomic mass is 9.90. The fourth-order valence-corrected chi connectivity index (χ4v) is 5.03. The summed E-state index contributed by atoms with van der Waals surface area (Å²) in [5.74, 6) is 0.347. The predicted octanol–water partition coefficient (Wildman–Crippen LogP) is 2.45. The van der Waals surface area contributed by atoms with Crippen LogP contribution in [0.3, 0.4) is 0 Å². The molecule has 32 heavy (non-hydrogen) atoms. The Labute approximate surface area is 193 Å². The summed E-state index contributed by atoms with van der Waals surface area (Å²) in [5, 5.41) is 15.0. The van der Waals surface area contributed by atoms with E-state index in [9.17, 15) is 9.18 Å². The molecule has 2 atom stereocenters. The van der Waals surface area contributed by atoms with Crippen molar-refractivity contribution in [2.75, 3.05) is 14.1 Å². The van der Waals surface area contributed by atoms with Gasteiger partial charge in [0.05, 0.1) is 16.0 Å². The van der Waals surface area contributed by atoms with Crippen LogP contribution < -0.4 is 22.1 Å². The smallest absolute Gasteiger partial charge is 0.251 e. The molecule has 0 radical (unpaired) electrons. The van der Waals surface area contributed by atoms with E-state index in [-0.39, 0.29) is 24.0 Å². The number of nitrogens with one attached hydrogen (secondary N) is 3. The fourth-order valence-electron chi connectivity index (χ4n) is 3.80. The van der Waals surface area contributed by atoms with E-state index in [1.807, 2.05) is 45.0 Å². The maximum Gasteiger partial charge on any atom is 0.251 e. The van der Waals surface area contributed by atoms with Crippen LogP contribution in [0.25, 0.3) is 0 Å². The Balaban J connectivity index is 1.67. The van der Waals surface area contributed by atoms with Gasteiger partial charge in [0.2, 0.25) is 0 Å². The van der Waals surface area contributed by atoms with Crippen LogP contribution in [0.2, 0.25) is 0 Å². The highest BCUT2D eigenvalue weighted by Gasteiger charge is 2.37. The molecule has 1 amide bonds. The molecule has 7 nitrogen and oxygen atoms in total. The minimum atomic E-state index is -0.795. The normalized spacial score (nSPS) is 27.1. The van der Waals surface area contributed by atoms with Crippen LogP contribution in [-0.4, -0.2) is 54.2 Å². The minimum Gasteiger partial charge on any atom is -0.385 e. The number of nitrogens with two attached hydrogens (primary N) is 2. The van der Waals surface area contributed by atoms with Crippen molar-refractivity contribution in [3.8, 4) is 0 Å². The first-order valence-electron chi connectivity index (χ1n) is 10.7. The number of hydrogen-bond donors (Lipinski definition) is 5. The van der Waals surface area contributed by atoms with Crippen molar-refractivity contribution < 1.29 is 9.18 Å². The summed E-state index contributed by atoms with van der Waals surface area (Å²) in [5.41, 5.74) is 15.9. The fraction of sp³-hybridized carbons (Fsp3) is 0.478. The topological polar surface area (TPSA) is 120 Å². The van der Waals surface area contributed by atoms with E-state index in [0.29, 0.717) is 35.8 Å². The monoisotopic (exact) mass is 460 g/mol. The zero-order chi connectivity index (χ0) is 23.6. The Morgan fingerprint density at radius 2 is 1.94 bits per heavy atom. The van der Waals surface area contributed by atoms with Crippen molar-refractivity contribution >= 4 is 22.7 Å². The molecule has 9 heteroatoms. The number of rotatable bonds is 7. The van der Waals surface area contributed by atoms with Crippen LogP contribution in [0.1, 0.15) is 42.6 Å². The van der Waals surface area contributed by atoms with Crippen LogP contribution in [0.4, 0.5) is 4.39 Å². The van der Waals surface area contributed by atoms with E-state index in [4.69, 9.17) is 16.9 Å². The van der Waals surface area contributed by atoms with E-state index in [2.05, 4.69) is 10.6 Å². The number of thioether (sulfide) groups is 1. The second kappa shape index (κ2) is 10.1. The molecule has 3 rings (SSSR count). The molecule has 2 aliphatic rings. The number of alkyl halides is 1. The number of likely N-dealkylation sites (N-methyl/N-ethyl adjacent to an activating group) is 1. The molecule has 0 aromatic heterocycles. The molecular weight excluding hydrogens is 427 g/mol. The quantitative estimate of drug-likeness (QED) is 0.426. The van der Waals surface area contributed by atoms with E-state index >= 15 is 0 Å². The van der Waals surface area contributed by atoms with Crippen LogP contribution in [0.15, 0.2) is 46.1 Å². The third-order valence-corrected chi connectivity index (χ3v) is 7.07. The van der Waals surface area contributed by atoms with Gasteiger partial charge in [-0.15, -0.1) is 0 Å². The van der Waals surface area contributed by atoms with Crippen LogP contribution in [-0.2, 0) is 6.54 Å². The number of halogens is 1. The Morgan fingerprint density at radius 3 is 2.47 bits per heavy atom. The van der Waals surface area contributed by atoms with Gasteiger partial charge in [-0.3, -0.25) is 15.1 Å². The molecule has 0 spiro atoms. The minimum absolute atomic E-state index is 0.0672. The highest BCUT2D eigenvalue weighted by atomic mass is 32.2. The average molecular weight is 461 g/mol. The van der Waals surface area contributed by atoms with Gasteiger partial charge in [0.1, 0.15) is 12.0 Å². The first-order chi connectivity index (χ1) is 15.1. The number of nitrogens with zero attached hydrogens (tertiary/aromatic N) is 1. The summed E-state index contributed by atoms with van der Waals surface area (Å²) >= 11 is 1.36. The predicted molar refractivity (Wildman–Crippen MR) is 129 cm³/mol. The largest absolute Gasteiger partial charge is 0.385 e. The summed E-state index contributed by atoms with van der Waals surface area (Å²) in [6, 6.07) is 6.94. The van der Waals surface area contributed by atoms with Gasteiger partial charge < -0.3 is 22.1 Å². The van der Waals surface area contributed by atoms with E-state index in [1.54, 1.807) is 12.1 Å². The van der Waals surface area contributed by atoms with Gasteiger partial charge in [-0.1, -0.05) is 23.9 Å². The highest BCUT2D eigenvalue weighted by Crippen LogP contribution is 2.41. The van der Waals surface area contributed by atoms with E-state index < -0.39 is 6.17 Å². The molecule has 0 bridgehead atoms. The van der Waals surface area contributed by atoms with Crippen LogP contribution in [0.5, 0.6) is 0 Å². The second-order valence-corrected chi connectivity index (χ2v) is 9.80. The lowest BCUT2D eigenvalue weighted by Gasteiger charge is -2.30. The molecule has 7 N–H and O–H groups in total. The molecule has 1 aliphatic heterocycles. The Kier molecular flexibility index (Phi) is 7.63. The van der Waals surface area contributed by atoms with Crippen molar-refractivity contribution in [1.82, 2.24) is 15.5 Å². The first kappa shape index (κ1) is 24.3. The Bertz CT molecular complexity index is 934. The summed E-state index contributed by atoms with van der Waals surface area (Å²) < 4.78 is 12.9. The molecule has 174 valence electrons. The van der Waals surface area contributed by atoms with Crippen molar-refractivity contribution in [3.63, 3.8) is 0 Å². The lowest BCUT2D eigenvalue weighted by molar-refractivity contribution is 0.0860. The third-order valence-electron chi connectivity index (χ3n) is 5.98. The maximum absolute atomic E-state index is 12.9. The Hall–Kier alpha value is -2.36. The number of carbonyl (C=O) groups is 1. The standard InChI is InChI=1S/C23H33FN6OS/c1-12(13(2)25)18-19(30(3)4)20(32-22(18)27)21(26)28-11-14-5-7-15(8-6-14)23(31)29-17-9-16(24)10-17/h5-8,13,16-17,19,27-28H,9-11,25-26H2,1-4H3,(H,29,31)/b18-12-,21-20-,27-22?. The molecule has 2 unspecified atom stereocenters. The van der Waals surface area contributed by atoms with Crippen molar-refractivity contribution in [2.24, 2.45) is 11.5 Å². The van der Waals surface area contributed by atoms with Crippen molar-refractivity contribution in [2.45, 2.75) is 57.5 Å². The van der Waals surface area contributed by atoms with E-state index in [0.717, 1.165) is 21.6 Å². The zero-order valence-electron chi connectivity index (χ0n) is 19.0. The molecule has 1 aromatic carbocycles. The van der Waals surface area contributed by atoms with Gasteiger partial charge in [-0.05, 0) is 64.1 Å². The summed E-state index contributed by atoms with van der Waals surface area (Å²) in [4.78, 5) is 15.2. The van der Waals surface area contributed by atoms with Gasteiger partial charge in [-0.2, -0.15) is 0 Å². The highest BCUT2D eigenvalue weighted by molar-refractivity contribution is 8.18. The SMILES string of the molecule is C/C(=C1/C(=N)S/C(=C(/N)NCc2ccc(C(=O)NC3CC(F)C3)cc2)C1N(C)C)C(C)N. The summed E-state index contributed by atoms with van der Waals surface area (Å²) in [6.45, 7) is 4.38. The van der Waals surface area contributed by atoms with Crippen LogP contribution in [0, 0.1) is 5.41 Å². The lowest BCUT2D eigenvalue weighted by Crippen LogP contribution is -2.45.